The van der Waals surface area contributed by atoms with Crippen LogP contribution in [0.15, 0.2) is 47.3 Å². The fraction of sp³-hybridized carbons (Fsp3) is 0.360. The Morgan fingerprint density at radius 3 is 2.70 bits per heavy atom. The van der Waals surface area contributed by atoms with Crippen LogP contribution in [-0.4, -0.2) is 35.1 Å². The molecule has 33 heavy (non-hydrogen) atoms. The molecule has 0 radical (unpaired) electrons. The number of amides is 1. The van der Waals surface area contributed by atoms with E-state index in [0.29, 0.717) is 23.1 Å². The predicted octanol–water partition coefficient (Wildman–Crippen LogP) is 3.61. The maximum atomic E-state index is 13.5. The molecule has 0 spiro atoms. The Kier molecular flexibility index (Phi) is 6.72. The van der Waals surface area contributed by atoms with Crippen molar-refractivity contribution in [1.29, 1.82) is 0 Å². The Hall–Kier alpha value is -3.68. The second kappa shape index (κ2) is 9.85. The lowest BCUT2D eigenvalue weighted by atomic mass is 10.1. The van der Waals surface area contributed by atoms with E-state index in [2.05, 4.69) is 5.32 Å². The topological polar surface area (TPSA) is 99.5 Å². The summed E-state index contributed by atoms with van der Waals surface area (Å²) in [6, 6.07) is 12.7. The Morgan fingerprint density at radius 1 is 1.15 bits per heavy atom. The van der Waals surface area contributed by atoms with E-state index in [1.54, 1.807) is 36.8 Å². The van der Waals surface area contributed by atoms with Crippen LogP contribution in [0.4, 0.5) is 5.69 Å². The van der Waals surface area contributed by atoms with Crippen LogP contribution in [0, 0.1) is 0 Å². The highest BCUT2D eigenvalue weighted by Crippen LogP contribution is 2.39. The molecular weight excluding hydrogens is 422 g/mol. The Labute approximate surface area is 191 Å². The van der Waals surface area contributed by atoms with Crippen molar-refractivity contribution in [2.45, 2.75) is 45.1 Å². The number of nitrogens with one attached hydrogen (secondary N) is 1. The highest BCUT2D eigenvalue weighted by molar-refractivity contribution is 5.94. The summed E-state index contributed by atoms with van der Waals surface area (Å²) >= 11 is 0. The van der Waals surface area contributed by atoms with Crippen LogP contribution in [-0.2, 0) is 20.9 Å². The molecule has 2 aromatic carbocycles. The first-order valence-corrected chi connectivity index (χ1v) is 11.1. The number of benzene rings is 2. The maximum Gasteiger partial charge on any atom is 0.306 e. The second-order valence-electron chi connectivity index (χ2n) is 8.07. The average molecular weight is 450 g/mol. The van der Waals surface area contributed by atoms with E-state index >= 15 is 0 Å². The molecule has 1 aromatic heterocycles. The number of rotatable bonds is 9. The number of methoxy groups -OCH3 is 1. The van der Waals surface area contributed by atoms with Gasteiger partial charge in [-0.3, -0.25) is 19.0 Å². The minimum atomic E-state index is -0.414. The van der Waals surface area contributed by atoms with Gasteiger partial charge in [-0.05, 0) is 55.7 Å². The minimum Gasteiger partial charge on any atom is -0.497 e. The summed E-state index contributed by atoms with van der Waals surface area (Å²) in [5.41, 5.74) is 1.89. The van der Waals surface area contributed by atoms with Crippen LogP contribution < -0.4 is 15.6 Å². The van der Waals surface area contributed by atoms with Crippen molar-refractivity contribution in [3.63, 3.8) is 0 Å². The molecular formula is C25H27N3O5. The van der Waals surface area contributed by atoms with Crippen LogP contribution in [0.1, 0.15) is 49.9 Å². The van der Waals surface area contributed by atoms with Crippen molar-refractivity contribution in [2.24, 2.45) is 0 Å². The van der Waals surface area contributed by atoms with E-state index in [0.717, 1.165) is 30.0 Å². The smallest absolute Gasteiger partial charge is 0.306 e. The Morgan fingerprint density at radius 2 is 1.97 bits per heavy atom. The van der Waals surface area contributed by atoms with Crippen molar-refractivity contribution in [1.82, 2.24) is 9.55 Å². The number of carbonyl (C=O) groups is 2. The number of carbonyl (C=O) groups excluding carboxylic acids is 2. The van der Waals surface area contributed by atoms with E-state index in [1.165, 1.54) is 0 Å². The number of anilines is 1. The van der Waals surface area contributed by atoms with Gasteiger partial charge in [-0.25, -0.2) is 4.98 Å². The fourth-order valence-electron chi connectivity index (χ4n) is 3.75. The molecule has 1 aliphatic carbocycles. The third-order valence-electron chi connectivity index (χ3n) is 5.55. The van der Waals surface area contributed by atoms with Crippen LogP contribution >= 0.6 is 0 Å². The van der Waals surface area contributed by atoms with Crippen LogP contribution in [0.5, 0.6) is 5.75 Å². The summed E-state index contributed by atoms with van der Waals surface area (Å²) in [6.07, 6.45) is 2.05. The minimum absolute atomic E-state index is 0.00685. The molecule has 3 aromatic rings. The van der Waals surface area contributed by atoms with Crippen molar-refractivity contribution in [3.8, 4) is 5.75 Å². The van der Waals surface area contributed by atoms with Gasteiger partial charge in [0.05, 0.1) is 37.6 Å². The van der Waals surface area contributed by atoms with Crippen LogP contribution in [0.2, 0.25) is 0 Å². The summed E-state index contributed by atoms with van der Waals surface area (Å²) in [5.74, 6) is 1.08. The first kappa shape index (κ1) is 22.5. The lowest BCUT2D eigenvalue weighted by Gasteiger charge is -2.14. The van der Waals surface area contributed by atoms with Crippen molar-refractivity contribution in [3.05, 3.63) is 64.2 Å². The summed E-state index contributed by atoms with van der Waals surface area (Å²) in [7, 11) is 1.61. The zero-order chi connectivity index (χ0) is 23.4. The van der Waals surface area contributed by atoms with Gasteiger partial charge in [0.15, 0.2) is 0 Å². The van der Waals surface area contributed by atoms with Gasteiger partial charge in [-0.2, -0.15) is 0 Å². The molecule has 1 heterocycles. The number of nitrogens with zero attached hydrogens (tertiary/aromatic N) is 2. The second-order valence-corrected chi connectivity index (χ2v) is 8.07. The van der Waals surface area contributed by atoms with Gasteiger partial charge < -0.3 is 14.8 Å². The van der Waals surface area contributed by atoms with E-state index in [1.807, 2.05) is 24.3 Å². The number of ether oxygens (including phenoxy) is 2. The quantitative estimate of drug-likeness (QED) is 0.501. The average Bonchev–Trinajstić information content (AvgIpc) is 3.65. The summed E-state index contributed by atoms with van der Waals surface area (Å²) < 4.78 is 11.9. The molecule has 172 valence electrons. The first-order chi connectivity index (χ1) is 16.0. The van der Waals surface area contributed by atoms with E-state index in [4.69, 9.17) is 14.5 Å². The molecule has 0 atom stereocenters. The van der Waals surface area contributed by atoms with Crippen LogP contribution in [0.25, 0.3) is 10.9 Å². The molecule has 0 aliphatic heterocycles. The van der Waals surface area contributed by atoms with Crippen molar-refractivity contribution >= 4 is 28.5 Å². The zero-order valence-corrected chi connectivity index (χ0v) is 18.8. The lowest BCUT2D eigenvalue weighted by Crippen LogP contribution is -2.26. The number of fused-ring (bicyclic) bond motifs is 1. The fourth-order valence-corrected chi connectivity index (χ4v) is 3.75. The molecule has 1 amide bonds. The molecule has 8 nitrogen and oxygen atoms in total. The maximum absolute atomic E-state index is 13.5. The molecule has 1 saturated carbocycles. The van der Waals surface area contributed by atoms with E-state index < -0.39 is 5.97 Å². The standard InChI is InChI=1S/C25H27N3O5/c1-3-33-23(30)12-11-22(29)26-18-9-10-21-20(14-18)25(31)28(24(27-21)17-7-8-17)15-16-5-4-6-19(13-16)32-2/h4-6,9-10,13-14,17H,3,7-8,11-12,15H2,1-2H3,(H,26,29). The lowest BCUT2D eigenvalue weighted by molar-refractivity contribution is -0.144. The molecule has 0 bridgehead atoms. The number of aromatic nitrogens is 2. The van der Waals surface area contributed by atoms with E-state index in [9.17, 15) is 14.4 Å². The zero-order valence-electron chi connectivity index (χ0n) is 18.8. The normalized spacial score (nSPS) is 13.0. The third-order valence-corrected chi connectivity index (χ3v) is 5.55. The highest BCUT2D eigenvalue weighted by atomic mass is 16.5. The molecule has 4 rings (SSSR count). The number of hydrogen-bond donors (Lipinski definition) is 1. The number of esters is 1. The predicted molar refractivity (Wildman–Crippen MR) is 125 cm³/mol. The summed E-state index contributed by atoms with van der Waals surface area (Å²) in [4.78, 5) is 42.0. The SMILES string of the molecule is CCOC(=O)CCC(=O)Nc1ccc2nc(C3CC3)n(Cc3cccc(OC)c3)c(=O)c2c1. The highest BCUT2D eigenvalue weighted by Gasteiger charge is 2.29. The molecule has 1 fully saturated rings. The number of hydrogen-bond acceptors (Lipinski definition) is 6. The molecule has 8 heteroatoms. The van der Waals surface area contributed by atoms with Gasteiger partial charge >= 0.3 is 5.97 Å². The van der Waals surface area contributed by atoms with Gasteiger partial charge in [-0.1, -0.05) is 12.1 Å². The third kappa shape index (κ3) is 5.39. The Balaban J connectivity index is 1.62. The largest absolute Gasteiger partial charge is 0.497 e. The van der Waals surface area contributed by atoms with Crippen LogP contribution in [0.3, 0.4) is 0 Å². The first-order valence-electron chi connectivity index (χ1n) is 11.1. The van der Waals surface area contributed by atoms with Gasteiger partial charge in [0.25, 0.3) is 5.56 Å². The summed E-state index contributed by atoms with van der Waals surface area (Å²) in [5, 5.41) is 3.19. The van der Waals surface area contributed by atoms with Gasteiger partial charge in [-0.15, -0.1) is 0 Å². The molecule has 0 unspecified atom stereocenters. The van der Waals surface area contributed by atoms with Gasteiger partial charge in [0.1, 0.15) is 11.6 Å². The Bertz CT molecular complexity index is 1250. The van der Waals surface area contributed by atoms with E-state index in [-0.39, 0.29) is 36.8 Å². The summed E-state index contributed by atoms with van der Waals surface area (Å²) in [6.45, 7) is 2.39. The van der Waals surface area contributed by atoms with Gasteiger partial charge in [0.2, 0.25) is 5.91 Å². The van der Waals surface area contributed by atoms with Crippen molar-refractivity contribution in [2.75, 3.05) is 19.0 Å². The van der Waals surface area contributed by atoms with Crippen molar-refractivity contribution < 1.29 is 19.1 Å². The molecule has 1 aliphatic rings. The van der Waals surface area contributed by atoms with Gasteiger partial charge in [0, 0.05) is 18.0 Å². The molecule has 0 saturated heterocycles. The molecule has 1 N–H and O–H groups in total. The monoisotopic (exact) mass is 449 g/mol.